The van der Waals surface area contributed by atoms with E-state index in [1.165, 1.54) is 49.7 Å². The van der Waals surface area contributed by atoms with Crippen LogP contribution in [0.2, 0.25) is 19.6 Å². The van der Waals surface area contributed by atoms with Gasteiger partial charge in [-0.2, -0.15) is 0 Å². The van der Waals surface area contributed by atoms with E-state index in [9.17, 15) is 0 Å². The molecule has 0 amide bonds. The predicted molar refractivity (Wildman–Crippen MR) is 299 cm³/mol. The van der Waals surface area contributed by atoms with Gasteiger partial charge in [-0.05, 0) is 117 Å². The van der Waals surface area contributed by atoms with Crippen molar-refractivity contribution in [3.05, 3.63) is 193 Å². The molecule has 70 heavy (non-hydrogen) atoms. The third-order valence-electron chi connectivity index (χ3n) is 12.0. The number of fused-ring (bicyclic) bond motifs is 3. The zero-order valence-corrected chi connectivity index (χ0v) is 47.3. The van der Waals surface area contributed by atoms with Crippen molar-refractivity contribution in [1.82, 2.24) is 15.0 Å². The van der Waals surface area contributed by atoms with Crippen molar-refractivity contribution < 1.29 is 24.5 Å². The molecule has 9 rings (SSSR count). The van der Waals surface area contributed by atoms with Crippen molar-refractivity contribution in [2.24, 2.45) is 16.2 Å². The molecule has 0 aliphatic heterocycles. The second kappa shape index (κ2) is 22.5. The van der Waals surface area contributed by atoms with Gasteiger partial charge in [-0.1, -0.05) is 197 Å². The predicted octanol–water partition coefficient (Wildman–Crippen LogP) is 17.4. The van der Waals surface area contributed by atoms with Gasteiger partial charge in [0.1, 0.15) is 11.2 Å². The van der Waals surface area contributed by atoms with Crippen molar-refractivity contribution in [2.45, 2.75) is 108 Å². The molecular formula is C64H73IrN3OSi. The van der Waals surface area contributed by atoms with Gasteiger partial charge < -0.3 is 4.42 Å². The van der Waals surface area contributed by atoms with Crippen LogP contribution >= 0.6 is 0 Å². The van der Waals surface area contributed by atoms with E-state index in [2.05, 4.69) is 221 Å². The van der Waals surface area contributed by atoms with E-state index in [4.69, 9.17) is 14.4 Å². The van der Waals surface area contributed by atoms with Crippen LogP contribution in [-0.4, -0.2) is 23.0 Å². The summed E-state index contributed by atoms with van der Waals surface area (Å²) in [4.78, 5) is 14.0. The molecule has 1 radical (unpaired) electrons. The molecule has 4 aromatic heterocycles. The molecule has 6 heteroatoms. The Hall–Kier alpha value is -5.78. The number of furan rings is 1. The second-order valence-corrected chi connectivity index (χ2v) is 28.3. The van der Waals surface area contributed by atoms with Crippen LogP contribution in [0.25, 0.3) is 66.8 Å². The Morgan fingerprint density at radius 1 is 0.471 bits per heavy atom. The molecule has 0 N–H and O–H groups in total. The van der Waals surface area contributed by atoms with Gasteiger partial charge in [0, 0.05) is 66.2 Å². The zero-order chi connectivity index (χ0) is 49.6. The minimum Gasteiger partial charge on any atom is -0.455 e. The van der Waals surface area contributed by atoms with Gasteiger partial charge in [-0.25, -0.2) is 0 Å². The van der Waals surface area contributed by atoms with Crippen molar-refractivity contribution in [3.63, 3.8) is 0 Å². The maximum absolute atomic E-state index is 6.43. The molecule has 0 aliphatic carbocycles. The van der Waals surface area contributed by atoms with Gasteiger partial charge in [0.15, 0.2) is 0 Å². The standard InChI is InChI=1S/C29H27NO.C19H27NSi.C16H19N.Ir/c1-19-18-30-25(16-21(19)17-29(2,3)4)23-15-14-22(20-10-6-5-7-11-20)27-24-12-8-9-13-26(24)31-28(23)27;1-19(2,3)13-16-12-17(15-10-8-7-9-11-15)20-14-18(16)21(4,5)6;1-16(2,3)12-13-9-10-17-15(11-13)14-7-5-4-6-8-14;/h5-16,18H,17H2,1-4H3;7-12,14H,13H2,1-6H3;4-11H,12H2,1-3H3;. The van der Waals surface area contributed by atoms with Crippen LogP contribution in [0.3, 0.4) is 0 Å². The largest absolute Gasteiger partial charge is 0.455 e. The van der Waals surface area contributed by atoms with Crippen molar-refractivity contribution in [3.8, 4) is 44.9 Å². The summed E-state index contributed by atoms with van der Waals surface area (Å²) >= 11 is 0. The Bertz CT molecular complexity index is 3120. The monoisotopic (exact) mass is 1120 g/mol. The van der Waals surface area contributed by atoms with Gasteiger partial charge in [0.2, 0.25) is 0 Å². The summed E-state index contributed by atoms with van der Waals surface area (Å²) in [5, 5.41) is 3.79. The summed E-state index contributed by atoms with van der Waals surface area (Å²) in [6.45, 7) is 29.9. The van der Waals surface area contributed by atoms with Crippen LogP contribution in [0.1, 0.15) is 84.6 Å². The number of rotatable bonds is 8. The molecule has 0 saturated carbocycles. The van der Waals surface area contributed by atoms with E-state index in [0.717, 1.165) is 63.8 Å². The van der Waals surface area contributed by atoms with Crippen LogP contribution in [0.5, 0.6) is 0 Å². The Morgan fingerprint density at radius 2 is 0.957 bits per heavy atom. The Morgan fingerprint density at radius 3 is 1.53 bits per heavy atom. The van der Waals surface area contributed by atoms with E-state index in [-0.39, 0.29) is 25.5 Å². The van der Waals surface area contributed by atoms with E-state index < -0.39 is 8.07 Å². The Balaban J connectivity index is 0.000000181. The summed E-state index contributed by atoms with van der Waals surface area (Å²) in [6.07, 6.45) is 9.24. The van der Waals surface area contributed by atoms with E-state index >= 15 is 0 Å². The molecule has 0 aliphatic rings. The fourth-order valence-electron chi connectivity index (χ4n) is 8.98. The molecule has 0 fully saturated rings. The normalized spacial score (nSPS) is 11.8. The van der Waals surface area contributed by atoms with Crippen molar-refractivity contribution >= 4 is 35.2 Å². The van der Waals surface area contributed by atoms with Crippen molar-refractivity contribution in [2.75, 3.05) is 0 Å². The number of aromatic nitrogens is 3. The Labute approximate surface area is 433 Å². The van der Waals surface area contributed by atoms with Crippen LogP contribution < -0.4 is 5.19 Å². The number of benzene rings is 5. The fourth-order valence-corrected chi connectivity index (χ4v) is 10.6. The van der Waals surface area contributed by atoms with Crippen molar-refractivity contribution in [1.29, 1.82) is 0 Å². The van der Waals surface area contributed by atoms with Crippen LogP contribution in [-0.2, 0) is 39.4 Å². The number of pyridine rings is 3. The molecule has 4 nitrogen and oxygen atoms in total. The number of hydrogen-bond acceptors (Lipinski definition) is 4. The van der Waals surface area contributed by atoms with Gasteiger partial charge in [-0.3, -0.25) is 15.0 Å². The smallest absolute Gasteiger partial charge is 0.145 e. The van der Waals surface area contributed by atoms with E-state index in [1.54, 1.807) is 0 Å². The fraction of sp³-hybridized carbons (Fsp3) is 0.297. The molecule has 5 aromatic carbocycles. The SMILES string of the molecule is CC(C)(C)Cc1cc(-c2ccccc2)ncc1[Si](C)(C)C.CC(C)(C)Cc1ccnc(-c2ccccc2)c1.Cc1cnc(-c2ccc(-c3ccccc3)c3c2oc2ccccc23)cc1CC(C)(C)C.[Ir]. The van der Waals surface area contributed by atoms with E-state index in [0.29, 0.717) is 10.8 Å². The number of para-hydroxylation sites is 1. The summed E-state index contributed by atoms with van der Waals surface area (Å²) in [7, 11) is -1.36. The minimum atomic E-state index is -1.36. The molecule has 0 spiro atoms. The summed E-state index contributed by atoms with van der Waals surface area (Å²) < 4.78 is 6.43. The van der Waals surface area contributed by atoms with Crippen LogP contribution in [0.15, 0.2) is 175 Å². The van der Waals surface area contributed by atoms with E-state index in [1.807, 2.05) is 42.7 Å². The molecule has 0 saturated heterocycles. The molecule has 363 valence electrons. The zero-order valence-electron chi connectivity index (χ0n) is 43.9. The number of hydrogen-bond donors (Lipinski definition) is 0. The molecule has 9 aromatic rings. The molecule has 0 atom stereocenters. The topological polar surface area (TPSA) is 51.8 Å². The summed E-state index contributed by atoms with van der Waals surface area (Å²) in [5.41, 5.74) is 17.0. The molecular weight excluding hydrogens is 1050 g/mol. The number of aryl methyl sites for hydroxylation is 1. The minimum absolute atomic E-state index is 0. The summed E-state index contributed by atoms with van der Waals surface area (Å²) in [6, 6.07) is 52.8. The summed E-state index contributed by atoms with van der Waals surface area (Å²) in [5.74, 6) is 0. The Kier molecular flexibility index (Phi) is 17.2. The maximum atomic E-state index is 6.43. The first-order valence-electron chi connectivity index (χ1n) is 24.6. The first kappa shape index (κ1) is 53.6. The van der Waals surface area contributed by atoms with Gasteiger partial charge in [0.25, 0.3) is 0 Å². The quantitative estimate of drug-likeness (QED) is 0.142. The van der Waals surface area contributed by atoms with Crippen LogP contribution in [0, 0.1) is 23.2 Å². The molecule has 4 heterocycles. The van der Waals surface area contributed by atoms with Crippen LogP contribution in [0.4, 0.5) is 0 Å². The number of nitrogens with zero attached hydrogens (tertiary/aromatic N) is 3. The second-order valence-electron chi connectivity index (χ2n) is 23.3. The molecule has 0 bridgehead atoms. The first-order chi connectivity index (χ1) is 32.6. The van der Waals surface area contributed by atoms with Gasteiger partial charge in [-0.15, -0.1) is 0 Å². The van der Waals surface area contributed by atoms with Gasteiger partial charge in [0.05, 0.1) is 25.2 Å². The molecule has 0 unspecified atom stereocenters. The maximum Gasteiger partial charge on any atom is 0.145 e. The third kappa shape index (κ3) is 14.4. The average Bonchev–Trinajstić information content (AvgIpc) is 3.69. The average molecular weight is 1120 g/mol. The first-order valence-corrected chi connectivity index (χ1v) is 28.1. The van der Waals surface area contributed by atoms with Gasteiger partial charge >= 0.3 is 0 Å². The third-order valence-corrected chi connectivity index (χ3v) is 14.1.